The molecule has 0 saturated heterocycles. The molecule has 0 saturated carbocycles. The summed E-state index contributed by atoms with van der Waals surface area (Å²) in [6.45, 7) is 3.60. The summed E-state index contributed by atoms with van der Waals surface area (Å²) in [7, 11) is 0. The molecular formula is C16H17N3O2. The van der Waals surface area contributed by atoms with Crippen molar-refractivity contribution in [1.29, 1.82) is 0 Å². The van der Waals surface area contributed by atoms with Crippen LogP contribution in [-0.4, -0.2) is 29.1 Å². The second kappa shape index (κ2) is 6.01. The number of hydrogen-bond donors (Lipinski definition) is 1. The molecule has 3 rings (SSSR count). The fourth-order valence-electron chi connectivity index (χ4n) is 2.43. The predicted octanol–water partition coefficient (Wildman–Crippen LogP) is 1.97. The number of carbonyl (C=O) groups is 1. The van der Waals surface area contributed by atoms with Crippen LogP contribution < -0.4 is 5.32 Å². The summed E-state index contributed by atoms with van der Waals surface area (Å²) < 4.78 is 5.13. The maximum Gasteiger partial charge on any atom is 0.357 e. The molecule has 108 valence electrons. The molecule has 0 radical (unpaired) electrons. The van der Waals surface area contributed by atoms with Crippen LogP contribution in [0.2, 0.25) is 0 Å². The van der Waals surface area contributed by atoms with Crippen molar-refractivity contribution >= 4 is 5.97 Å². The third-order valence-electron chi connectivity index (χ3n) is 3.43. The number of hydrogen-bond acceptors (Lipinski definition) is 5. The summed E-state index contributed by atoms with van der Waals surface area (Å²) in [6.07, 6.45) is 0.796. The van der Waals surface area contributed by atoms with E-state index < -0.39 is 0 Å². The highest BCUT2D eigenvalue weighted by molar-refractivity contribution is 5.89. The molecule has 0 aliphatic carbocycles. The first-order chi connectivity index (χ1) is 10.3. The normalized spacial score (nSPS) is 13.6. The highest BCUT2D eigenvalue weighted by atomic mass is 16.5. The van der Waals surface area contributed by atoms with Crippen LogP contribution in [0.15, 0.2) is 30.3 Å². The molecule has 1 aromatic carbocycles. The van der Waals surface area contributed by atoms with Crippen molar-refractivity contribution in [2.45, 2.75) is 19.9 Å². The van der Waals surface area contributed by atoms with E-state index in [1.807, 2.05) is 30.3 Å². The number of ether oxygens (including phenoxy) is 1. The Labute approximate surface area is 123 Å². The summed E-state index contributed by atoms with van der Waals surface area (Å²) in [5.41, 5.74) is 3.09. The van der Waals surface area contributed by atoms with Crippen molar-refractivity contribution in [3.05, 3.63) is 47.3 Å². The SMILES string of the molecule is CCOC(=O)c1nc(-c2ccccc2)nc2c1CNCC2. The van der Waals surface area contributed by atoms with Crippen molar-refractivity contribution in [2.75, 3.05) is 13.2 Å². The minimum absolute atomic E-state index is 0.339. The molecule has 0 unspecified atom stereocenters. The molecule has 1 aliphatic heterocycles. The minimum atomic E-state index is -0.378. The second-order valence-corrected chi connectivity index (χ2v) is 4.83. The Kier molecular flexibility index (Phi) is 3.92. The quantitative estimate of drug-likeness (QED) is 0.872. The fraction of sp³-hybridized carbons (Fsp3) is 0.312. The lowest BCUT2D eigenvalue weighted by molar-refractivity contribution is 0.0517. The van der Waals surface area contributed by atoms with E-state index in [0.29, 0.717) is 24.7 Å². The number of benzene rings is 1. The summed E-state index contributed by atoms with van der Waals surface area (Å²) in [4.78, 5) is 21.2. The van der Waals surface area contributed by atoms with E-state index in [9.17, 15) is 4.79 Å². The Hall–Kier alpha value is -2.27. The Balaban J connectivity index is 2.11. The molecule has 2 heterocycles. The van der Waals surface area contributed by atoms with Crippen LogP contribution in [0.5, 0.6) is 0 Å². The van der Waals surface area contributed by atoms with Gasteiger partial charge in [0, 0.05) is 30.6 Å². The van der Waals surface area contributed by atoms with Crippen molar-refractivity contribution in [3.63, 3.8) is 0 Å². The molecule has 21 heavy (non-hydrogen) atoms. The van der Waals surface area contributed by atoms with Gasteiger partial charge >= 0.3 is 5.97 Å². The van der Waals surface area contributed by atoms with Crippen LogP contribution in [0.1, 0.15) is 28.7 Å². The second-order valence-electron chi connectivity index (χ2n) is 4.83. The van der Waals surface area contributed by atoms with Crippen molar-refractivity contribution in [3.8, 4) is 11.4 Å². The van der Waals surface area contributed by atoms with Gasteiger partial charge in [0.1, 0.15) is 0 Å². The monoisotopic (exact) mass is 283 g/mol. The third kappa shape index (κ3) is 2.78. The number of nitrogens with zero attached hydrogens (tertiary/aromatic N) is 2. The van der Waals surface area contributed by atoms with Crippen LogP contribution in [0.4, 0.5) is 0 Å². The van der Waals surface area contributed by atoms with E-state index in [0.717, 1.165) is 29.8 Å². The molecule has 0 bridgehead atoms. The van der Waals surface area contributed by atoms with E-state index >= 15 is 0 Å². The van der Waals surface area contributed by atoms with Gasteiger partial charge in [0.15, 0.2) is 11.5 Å². The average Bonchev–Trinajstić information content (AvgIpc) is 2.55. The van der Waals surface area contributed by atoms with Crippen molar-refractivity contribution < 1.29 is 9.53 Å². The van der Waals surface area contributed by atoms with Crippen LogP contribution >= 0.6 is 0 Å². The summed E-state index contributed by atoms with van der Waals surface area (Å²) in [6, 6.07) is 9.70. The average molecular weight is 283 g/mol. The zero-order chi connectivity index (χ0) is 14.7. The van der Waals surface area contributed by atoms with Gasteiger partial charge < -0.3 is 10.1 Å². The van der Waals surface area contributed by atoms with E-state index in [1.54, 1.807) is 6.92 Å². The lowest BCUT2D eigenvalue weighted by Gasteiger charge is -2.19. The molecule has 1 N–H and O–H groups in total. The highest BCUT2D eigenvalue weighted by Crippen LogP contribution is 2.22. The van der Waals surface area contributed by atoms with Gasteiger partial charge in [-0.05, 0) is 6.92 Å². The van der Waals surface area contributed by atoms with E-state index in [2.05, 4.69) is 15.3 Å². The number of rotatable bonds is 3. The maximum atomic E-state index is 12.2. The molecule has 0 fully saturated rings. The Morgan fingerprint density at radius 3 is 2.86 bits per heavy atom. The van der Waals surface area contributed by atoms with Crippen LogP contribution in [0.3, 0.4) is 0 Å². The Morgan fingerprint density at radius 2 is 2.10 bits per heavy atom. The van der Waals surface area contributed by atoms with Crippen molar-refractivity contribution in [1.82, 2.24) is 15.3 Å². The third-order valence-corrected chi connectivity index (χ3v) is 3.43. The Bertz CT molecular complexity index is 656. The maximum absolute atomic E-state index is 12.2. The zero-order valence-corrected chi connectivity index (χ0v) is 11.9. The standard InChI is InChI=1S/C16H17N3O2/c1-2-21-16(20)14-12-10-17-9-8-13(12)18-15(19-14)11-6-4-3-5-7-11/h3-7,17H,2,8-10H2,1H3. The first kappa shape index (κ1) is 13.7. The molecule has 0 amide bonds. The lowest BCUT2D eigenvalue weighted by Crippen LogP contribution is -2.28. The highest BCUT2D eigenvalue weighted by Gasteiger charge is 2.23. The molecular weight excluding hydrogens is 266 g/mol. The van der Waals surface area contributed by atoms with Gasteiger partial charge in [-0.25, -0.2) is 14.8 Å². The van der Waals surface area contributed by atoms with Gasteiger partial charge in [-0.1, -0.05) is 30.3 Å². The number of carbonyl (C=O) groups excluding carboxylic acids is 1. The molecule has 0 spiro atoms. The first-order valence-electron chi connectivity index (χ1n) is 7.12. The fourth-order valence-corrected chi connectivity index (χ4v) is 2.43. The number of esters is 1. The lowest BCUT2D eigenvalue weighted by atomic mass is 10.0. The largest absolute Gasteiger partial charge is 0.461 e. The predicted molar refractivity (Wildman–Crippen MR) is 78.8 cm³/mol. The molecule has 0 atom stereocenters. The van der Waals surface area contributed by atoms with Crippen LogP contribution in [0, 0.1) is 0 Å². The van der Waals surface area contributed by atoms with Crippen LogP contribution in [-0.2, 0) is 17.7 Å². The summed E-state index contributed by atoms with van der Waals surface area (Å²) in [5.74, 6) is 0.205. The molecule has 1 aromatic heterocycles. The van der Waals surface area contributed by atoms with Gasteiger partial charge in [0.2, 0.25) is 0 Å². The van der Waals surface area contributed by atoms with E-state index in [4.69, 9.17) is 4.74 Å². The van der Waals surface area contributed by atoms with Gasteiger partial charge in [0.05, 0.1) is 12.3 Å². The molecule has 2 aromatic rings. The molecule has 5 nitrogen and oxygen atoms in total. The topological polar surface area (TPSA) is 64.1 Å². The number of fused-ring (bicyclic) bond motifs is 1. The number of nitrogens with one attached hydrogen (secondary N) is 1. The molecule has 5 heteroatoms. The van der Waals surface area contributed by atoms with E-state index in [-0.39, 0.29) is 5.97 Å². The summed E-state index contributed by atoms with van der Waals surface area (Å²) >= 11 is 0. The van der Waals surface area contributed by atoms with Crippen molar-refractivity contribution in [2.24, 2.45) is 0 Å². The van der Waals surface area contributed by atoms with Crippen LogP contribution in [0.25, 0.3) is 11.4 Å². The first-order valence-corrected chi connectivity index (χ1v) is 7.12. The number of aromatic nitrogens is 2. The smallest absolute Gasteiger partial charge is 0.357 e. The van der Waals surface area contributed by atoms with Gasteiger partial charge in [-0.2, -0.15) is 0 Å². The molecule has 1 aliphatic rings. The zero-order valence-electron chi connectivity index (χ0n) is 11.9. The Morgan fingerprint density at radius 1 is 1.29 bits per heavy atom. The van der Waals surface area contributed by atoms with E-state index in [1.165, 1.54) is 0 Å². The minimum Gasteiger partial charge on any atom is -0.461 e. The van der Waals surface area contributed by atoms with Gasteiger partial charge in [-0.3, -0.25) is 0 Å². The summed E-state index contributed by atoms with van der Waals surface area (Å²) in [5, 5.41) is 3.25. The van der Waals surface area contributed by atoms with Gasteiger partial charge in [0.25, 0.3) is 0 Å². The van der Waals surface area contributed by atoms with Gasteiger partial charge in [-0.15, -0.1) is 0 Å².